The maximum atomic E-state index is 12.8. The van der Waals surface area contributed by atoms with Crippen LogP contribution in [0.4, 0.5) is 8.78 Å². The van der Waals surface area contributed by atoms with Crippen molar-refractivity contribution in [2.75, 3.05) is 26.2 Å². The number of carbonyl (C=O) groups excluding carboxylic acids is 1. The van der Waals surface area contributed by atoms with Gasteiger partial charge < -0.3 is 25.4 Å². The highest BCUT2D eigenvalue weighted by Crippen LogP contribution is 2.33. The van der Waals surface area contributed by atoms with E-state index in [9.17, 15) is 13.6 Å². The Balaban J connectivity index is 2.80. The van der Waals surface area contributed by atoms with Crippen LogP contribution in [0.1, 0.15) is 40.2 Å². The SMILES string of the molecule is CCNC(=NCc1cccc(OCC)c1OC(F)F)NCCNC(=O)C(C)(C)C. The summed E-state index contributed by atoms with van der Waals surface area (Å²) in [4.78, 5) is 16.3. The maximum absolute atomic E-state index is 12.8. The lowest BCUT2D eigenvalue weighted by atomic mass is 9.96. The maximum Gasteiger partial charge on any atom is 0.387 e. The lowest BCUT2D eigenvalue weighted by molar-refractivity contribution is -0.128. The molecular weight excluding hydrogens is 382 g/mol. The van der Waals surface area contributed by atoms with Crippen LogP contribution in [0.5, 0.6) is 11.5 Å². The van der Waals surface area contributed by atoms with Gasteiger partial charge in [-0.2, -0.15) is 8.78 Å². The molecule has 1 aromatic rings. The summed E-state index contributed by atoms with van der Waals surface area (Å²) in [5, 5.41) is 9.02. The van der Waals surface area contributed by atoms with Gasteiger partial charge in [0.2, 0.25) is 5.91 Å². The van der Waals surface area contributed by atoms with Gasteiger partial charge >= 0.3 is 6.61 Å². The van der Waals surface area contributed by atoms with Crippen molar-refractivity contribution >= 4 is 11.9 Å². The normalized spacial score (nSPS) is 11.9. The molecule has 0 aliphatic carbocycles. The van der Waals surface area contributed by atoms with Crippen molar-refractivity contribution in [1.29, 1.82) is 0 Å². The highest BCUT2D eigenvalue weighted by atomic mass is 19.3. The summed E-state index contributed by atoms with van der Waals surface area (Å²) in [6.45, 7) is 8.22. The van der Waals surface area contributed by atoms with Gasteiger partial charge in [-0.3, -0.25) is 4.79 Å². The number of hydrogen-bond acceptors (Lipinski definition) is 4. The van der Waals surface area contributed by atoms with Gasteiger partial charge in [0.05, 0.1) is 13.2 Å². The summed E-state index contributed by atoms with van der Waals surface area (Å²) < 4.78 is 35.7. The number of halogens is 2. The molecule has 0 fully saturated rings. The zero-order valence-electron chi connectivity index (χ0n) is 17.8. The zero-order chi connectivity index (χ0) is 21.9. The number of ether oxygens (including phenoxy) is 2. The molecule has 0 aromatic heterocycles. The van der Waals surface area contributed by atoms with E-state index in [0.29, 0.717) is 37.8 Å². The summed E-state index contributed by atoms with van der Waals surface area (Å²) in [5.74, 6) is 0.704. The molecule has 0 radical (unpaired) electrons. The Labute approximate surface area is 171 Å². The quantitative estimate of drug-likeness (QED) is 0.312. The molecule has 0 spiro atoms. The number of aliphatic imine (C=N–C) groups is 1. The van der Waals surface area contributed by atoms with Crippen LogP contribution in [0, 0.1) is 5.41 Å². The fraction of sp³-hybridized carbons (Fsp3) is 0.600. The summed E-state index contributed by atoms with van der Waals surface area (Å²) in [6, 6.07) is 4.95. The molecule has 29 heavy (non-hydrogen) atoms. The average molecular weight is 414 g/mol. The van der Waals surface area contributed by atoms with E-state index in [-0.39, 0.29) is 24.0 Å². The standard InChI is InChI=1S/C20H32F2N4O3/c1-6-23-19(25-12-11-24-17(27)20(3,4)5)26-13-14-9-8-10-15(28-7-2)16(14)29-18(21)22/h8-10,18H,6-7,11-13H2,1-5H3,(H,24,27)(H2,23,25,26). The van der Waals surface area contributed by atoms with Gasteiger partial charge in [0.15, 0.2) is 17.5 Å². The smallest absolute Gasteiger partial charge is 0.387 e. The lowest BCUT2D eigenvalue weighted by Gasteiger charge is -2.18. The van der Waals surface area contributed by atoms with E-state index in [1.807, 2.05) is 27.7 Å². The van der Waals surface area contributed by atoms with E-state index in [4.69, 9.17) is 4.74 Å². The van der Waals surface area contributed by atoms with Gasteiger partial charge in [0.1, 0.15) is 0 Å². The van der Waals surface area contributed by atoms with Crippen LogP contribution in [0.15, 0.2) is 23.2 Å². The van der Waals surface area contributed by atoms with Crippen LogP contribution < -0.4 is 25.4 Å². The predicted octanol–water partition coefficient (Wildman–Crippen LogP) is 2.90. The minimum Gasteiger partial charge on any atom is -0.490 e. The number of amides is 1. The van der Waals surface area contributed by atoms with E-state index in [1.54, 1.807) is 25.1 Å². The number of nitrogens with zero attached hydrogens (tertiary/aromatic N) is 1. The number of carbonyl (C=O) groups is 1. The second-order valence-corrected chi connectivity index (χ2v) is 7.18. The molecule has 0 saturated heterocycles. The average Bonchev–Trinajstić information content (AvgIpc) is 2.63. The summed E-state index contributed by atoms with van der Waals surface area (Å²) in [6.07, 6.45) is 0. The van der Waals surface area contributed by atoms with Crippen LogP contribution in [0.2, 0.25) is 0 Å². The van der Waals surface area contributed by atoms with Crippen LogP contribution in [0.3, 0.4) is 0 Å². The van der Waals surface area contributed by atoms with E-state index in [0.717, 1.165) is 0 Å². The number of hydrogen-bond donors (Lipinski definition) is 3. The third-order valence-corrected chi connectivity index (χ3v) is 3.70. The Morgan fingerprint density at radius 2 is 1.83 bits per heavy atom. The second kappa shape index (κ2) is 12.1. The third-order valence-electron chi connectivity index (χ3n) is 3.70. The van der Waals surface area contributed by atoms with Crippen LogP contribution in [0.25, 0.3) is 0 Å². The van der Waals surface area contributed by atoms with Gasteiger partial charge in [-0.25, -0.2) is 4.99 Å². The van der Waals surface area contributed by atoms with Crippen molar-refractivity contribution < 1.29 is 23.0 Å². The minimum atomic E-state index is -2.96. The van der Waals surface area contributed by atoms with E-state index in [2.05, 4.69) is 25.7 Å². The van der Waals surface area contributed by atoms with Crippen molar-refractivity contribution in [3.8, 4) is 11.5 Å². The van der Waals surface area contributed by atoms with Gasteiger partial charge in [-0.1, -0.05) is 32.9 Å². The Morgan fingerprint density at radius 1 is 1.14 bits per heavy atom. The molecule has 164 valence electrons. The molecule has 3 N–H and O–H groups in total. The van der Waals surface area contributed by atoms with Crippen LogP contribution >= 0.6 is 0 Å². The molecule has 1 aromatic carbocycles. The Bertz CT molecular complexity index is 676. The van der Waals surface area contributed by atoms with E-state index < -0.39 is 12.0 Å². The Kier molecular flexibility index (Phi) is 10.2. The Morgan fingerprint density at radius 3 is 2.41 bits per heavy atom. The molecule has 0 unspecified atom stereocenters. The molecule has 0 atom stereocenters. The molecule has 0 heterocycles. The van der Waals surface area contributed by atoms with Crippen LogP contribution in [-0.4, -0.2) is 44.7 Å². The third kappa shape index (κ3) is 8.97. The molecule has 7 nitrogen and oxygen atoms in total. The summed E-state index contributed by atoms with van der Waals surface area (Å²) in [7, 11) is 0. The number of benzene rings is 1. The number of nitrogens with one attached hydrogen (secondary N) is 3. The molecule has 0 bridgehead atoms. The number of alkyl halides is 2. The molecule has 0 aliphatic heterocycles. The highest BCUT2D eigenvalue weighted by molar-refractivity contribution is 5.82. The summed E-state index contributed by atoms with van der Waals surface area (Å²) in [5.41, 5.74) is 0.0279. The van der Waals surface area contributed by atoms with Gasteiger partial charge in [-0.05, 0) is 19.9 Å². The molecule has 1 rings (SSSR count). The molecule has 0 aliphatic rings. The number of rotatable bonds is 10. The minimum absolute atomic E-state index is 0.0126. The summed E-state index contributed by atoms with van der Waals surface area (Å²) >= 11 is 0. The lowest BCUT2D eigenvalue weighted by Crippen LogP contribution is -2.43. The first kappa shape index (κ1) is 24.5. The van der Waals surface area contributed by atoms with Gasteiger partial charge in [0.25, 0.3) is 0 Å². The van der Waals surface area contributed by atoms with Gasteiger partial charge in [0, 0.05) is 30.6 Å². The molecule has 9 heteroatoms. The van der Waals surface area contributed by atoms with Crippen molar-refractivity contribution in [3.63, 3.8) is 0 Å². The number of para-hydroxylation sites is 1. The topological polar surface area (TPSA) is 84.0 Å². The first-order valence-corrected chi connectivity index (χ1v) is 9.69. The highest BCUT2D eigenvalue weighted by Gasteiger charge is 2.20. The molecule has 1 amide bonds. The van der Waals surface area contributed by atoms with E-state index in [1.165, 1.54) is 0 Å². The predicted molar refractivity (Wildman–Crippen MR) is 110 cm³/mol. The Hall–Kier alpha value is -2.58. The van der Waals surface area contributed by atoms with E-state index >= 15 is 0 Å². The van der Waals surface area contributed by atoms with Crippen molar-refractivity contribution in [3.05, 3.63) is 23.8 Å². The second-order valence-electron chi connectivity index (χ2n) is 7.18. The first-order valence-electron chi connectivity index (χ1n) is 9.69. The largest absolute Gasteiger partial charge is 0.490 e. The van der Waals surface area contributed by atoms with Crippen molar-refractivity contribution in [2.45, 2.75) is 47.8 Å². The zero-order valence-corrected chi connectivity index (χ0v) is 17.8. The first-order chi connectivity index (χ1) is 13.7. The fourth-order valence-corrected chi connectivity index (χ4v) is 2.31. The molecule has 0 saturated carbocycles. The fourth-order valence-electron chi connectivity index (χ4n) is 2.31. The van der Waals surface area contributed by atoms with Gasteiger partial charge in [-0.15, -0.1) is 0 Å². The molecular formula is C20H32F2N4O3. The monoisotopic (exact) mass is 414 g/mol. The van der Waals surface area contributed by atoms with Crippen LogP contribution in [-0.2, 0) is 11.3 Å². The van der Waals surface area contributed by atoms with Crippen molar-refractivity contribution in [2.24, 2.45) is 10.4 Å². The number of guanidine groups is 1. The van der Waals surface area contributed by atoms with Crippen molar-refractivity contribution in [1.82, 2.24) is 16.0 Å².